The molecule has 2 rings (SSSR count). The van der Waals surface area contributed by atoms with E-state index in [1.165, 1.54) is 0 Å². The highest BCUT2D eigenvalue weighted by atomic mass is 33.1. The highest BCUT2D eigenvalue weighted by molar-refractivity contribution is 8.80. The largest absolute Gasteiger partial charge is 0.226 e. The minimum Gasteiger partial charge on any atom is -0.226 e. The molecule has 0 saturated carbocycles. The molecular formula is C6H10O2S5. The molecule has 0 aliphatic carbocycles. The summed E-state index contributed by atoms with van der Waals surface area (Å²) >= 11 is 0. The first-order valence-corrected chi connectivity index (χ1v) is 10.4. The fourth-order valence-electron chi connectivity index (χ4n) is 1.24. The van der Waals surface area contributed by atoms with E-state index in [9.17, 15) is 8.42 Å². The SMILES string of the molecule is O=S(=O)(C1CCSS1)C1CCSS1. The molecule has 2 aliphatic rings. The average Bonchev–Trinajstić information content (AvgIpc) is 2.78. The molecule has 2 unspecified atom stereocenters. The van der Waals surface area contributed by atoms with Gasteiger partial charge >= 0.3 is 0 Å². The first kappa shape index (κ1) is 10.9. The normalized spacial score (nSPS) is 35.4. The topological polar surface area (TPSA) is 34.1 Å². The Morgan fingerprint density at radius 1 is 0.923 bits per heavy atom. The molecule has 2 nitrogen and oxygen atoms in total. The van der Waals surface area contributed by atoms with Crippen molar-refractivity contribution in [2.45, 2.75) is 22.0 Å². The van der Waals surface area contributed by atoms with Crippen LogP contribution in [0, 0.1) is 0 Å². The molecule has 0 amide bonds. The van der Waals surface area contributed by atoms with E-state index in [4.69, 9.17) is 0 Å². The lowest BCUT2D eigenvalue weighted by molar-refractivity contribution is 0.588. The molecular weight excluding hydrogens is 264 g/mol. The molecule has 0 spiro atoms. The molecule has 0 aromatic carbocycles. The van der Waals surface area contributed by atoms with Gasteiger partial charge < -0.3 is 0 Å². The lowest BCUT2D eigenvalue weighted by Crippen LogP contribution is -2.24. The lowest BCUT2D eigenvalue weighted by Gasteiger charge is -2.13. The zero-order chi connectivity index (χ0) is 9.31. The van der Waals surface area contributed by atoms with Gasteiger partial charge in [0.05, 0.1) is 0 Å². The third-order valence-corrected chi connectivity index (χ3v) is 12.0. The molecule has 0 radical (unpaired) electrons. The fraction of sp³-hybridized carbons (Fsp3) is 1.00. The summed E-state index contributed by atoms with van der Waals surface area (Å²) in [5.74, 6) is 1.97. The molecule has 0 bridgehead atoms. The van der Waals surface area contributed by atoms with Crippen LogP contribution < -0.4 is 0 Å². The van der Waals surface area contributed by atoms with Crippen LogP contribution in [0.4, 0.5) is 0 Å². The molecule has 2 atom stereocenters. The van der Waals surface area contributed by atoms with Crippen molar-refractivity contribution in [3.05, 3.63) is 0 Å². The van der Waals surface area contributed by atoms with Crippen molar-refractivity contribution in [2.24, 2.45) is 0 Å². The maximum atomic E-state index is 12.0. The van der Waals surface area contributed by atoms with Crippen molar-refractivity contribution < 1.29 is 8.42 Å². The van der Waals surface area contributed by atoms with Gasteiger partial charge in [-0.25, -0.2) is 8.42 Å². The monoisotopic (exact) mass is 274 g/mol. The van der Waals surface area contributed by atoms with Gasteiger partial charge in [0, 0.05) is 11.5 Å². The van der Waals surface area contributed by atoms with Crippen molar-refractivity contribution in [3.8, 4) is 0 Å². The van der Waals surface area contributed by atoms with Crippen molar-refractivity contribution >= 4 is 53.0 Å². The zero-order valence-corrected chi connectivity index (χ0v) is 10.9. The van der Waals surface area contributed by atoms with E-state index >= 15 is 0 Å². The van der Waals surface area contributed by atoms with Crippen molar-refractivity contribution in [2.75, 3.05) is 11.5 Å². The fourth-order valence-corrected chi connectivity index (χ4v) is 12.2. The molecule has 13 heavy (non-hydrogen) atoms. The molecule has 0 aromatic heterocycles. The van der Waals surface area contributed by atoms with Crippen LogP contribution in [-0.2, 0) is 9.84 Å². The van der Waals surface area contributed by atoms with Crippen LogP contribution in [0.15, 0.2) is 0 Å². The van der Waals surface area contributed by atoms with Crippen molar-refractivity contribution in [1.29, 1.82) is 0 Å². The van der Waals surface area contributed by atoms with E-state index in [1.54, 1.807) is 43.2 Å². The maximum Gasteiger partial charge on any atom is 0.176 e. The molecule has 2 heterocycles. The van der Waals surface area contributed by atoms with Crippen LogP contribution in [0.2, 0.25) is 0 Å². The van der Waals surface area contributed by atoms with Gasteiger partial charge in [-0.05, 0) is 12.8 Å². The number of rotatable bonds is 2. The van der Waals surface area contributed by atoms with Gasteiger partial charge in [-0.2, -0.15) is 0 Å². The van der Waals surface area contributed by atoms with Crippen LogP contribution in [0.3, 0.4) is 0 Å². The second kappa shape index (κ2) is 4.47. The summed E-state index contributed by atoms with van der Waals surface area (Å²) in [7, 11) is 3.61. The Morgan fingerprint density at radius 2 is 1.38 bits per heavy atom. The Kier molecular flexibility index (Phi) is 3.73. The van der Waals surface area contributed by atoms with E-state index in [-0.39, 0.29) is 9.16 Å². The van der Waals surface area contributed by atoms with E-state index < -0.39 is 9.84 Å². The predicted octanol–water partition coefficient (Wildman–Crippen LogP) is 2.62. The van der Waals surface area contributed by atoms with Crippen molar-refractivity contribution in [3.63, 3.8) is 0 Å². The Hall–Kier alpha value is 1.35. The molecule has 76 valence electrons. The summed E-state index contributed by atoms with van der Waals surface area (Å²) in [6.07, 6.45) is 1.67. The van der Waals surface area contributed by atoms with Crippen LogP contribution in [0.5, 0.6) is 0 Å². The second-order valence-corrected chi connectivity index (χ2v) is 11.2. The van der Waals surface area contributed by atoms with Crippen molar-refractivity contribution in [1.82, 2.24) is 0 Å². The van der Waals surface area contributed by atoms with E-state index in [2.05, 4.69) is 0 Å². The predicted molar refractivity (Wildman–Crippen MR) is 65.8 cm³/mol. The third kappa shape index (κ3) is 2.30. The van der Waals surface area contributed by atoms with Crippen LogP contribution in [0.25, 0.3) is 0 Å². The summed E-state index contributed by atoms with van der Waals surface area (Å²) < 4.78 is 23.7. The maximum absolute atomic E-state index is 12.0. The lowest BCUT2D eigenvalue weighted by atomic mass is 10.6. The molecule has 0 N–H and O–H groups in total. The molecule has 2 fully saturated rings. The number of hydrogen-bond acceptors (Lipinski definition) is 6. The minimum atomic E-state index is -2.85. The van der Waals surface area contributed by atoms with Gasteiger partial charge in [0.2, 0.25) is 0 Å². The molecule has 7 heteroatoms. The highest BCUT2D eigenvalue weighted by Gasteiger charge is 2.39. The average molecular weight is 274 g/mol. The standard InChI is InChI=1S/C6H10O2S5/c7-13(8,5-1-3-9-11-5)6-2-4-10-12-6/h5-6H,1-4H2. The quantitative estimate of drug-likeness (QED) is 0.720. The summed E-state index contributed by atoms with van der Waals surface area (Å²) in [5, 5.41) is 0. The Balaban J connectivity index is 2.09. The van der Waals surface area contributed by atoms with E-state index in [0.29, 0.717) is 0 Å². The van der Waals surface area contributed by atoms with Crippen LogP contribution in [0.1, 0.15) is 12.8 Å². The second-order valence-electron chi connectivity index (χ2n) is 2.86. The van der Waals surface area contributed by atoms with Gasteiger partial charge in [-0.1, -0.05) is 43.2 Å². The Bertz CT molecular complexity index is 241. The molecule has 2 aliphatic heterocycles. The van der Waals surface area contributed by atoms with E-state index in [0.717, 1.165) is 24.3 Å². The summed E-state index contributed by atoms with van der Waals surface area (Å²) in [6, 6.07) is 0. The van der Waals surface area contributed by atoms with Gasteiger partial charge in [0.25, 0.3) is 0 Å². The van der Waals surface area contributed by atoms with Gasteiger partial charge in [0.1, 0.15) is 9.16 Å². The molecule has 2 saturated heterocycles. The zero-order valence-electron chi connectivity index (χ0n) is 6.84. The Labute approximate surface area is 94.5 Å². The smallest absolute Gasteiger partial charge is 0.176 e. The van der Waals surface area contributed by atoms with E-state index in [1.807, 2.05) is 0 Å². The van der Waals surface area contributed by atoms with Crippen LogP contribution in [-0.4, -0.2) is 29.1 Å². The third-order valence-electron chi connectivity index (χ3n) is 1.96. The van der Waals surface area contributed by atoms with Gasteiger partial charge in [0.15, 0.2) is 9.84 Å². The summed E-state index contributed by atoms with van der Waals surface area (Å²) in [5.41, 5.74) is 0. The molecule has 0 aromatic rings. The first-order chi connectivity index (χ1) is 6.21. The number of sulfone groups is 1. The van der Waals surface area contributed by atoms with Crippen LogP contribution >= 0.6 is 43.2 Å². The van der Waals surface area contributed by atoms with Gasteiger partial charge in [-0.3, -0.25) is 0 Å². The summed E-state index contributed by atoms with van der Waals surface area (Å²) in [6.45, 7) is 0. The van der Waals surface area contributed by atoms with Gasteiger partial charge in [-0.15, -0.1) is 0 Å². The Morgan fingerprint density at radius 3 is 1.69 bits per heavy atom. The highest BCUT2D eigenvalue weighted by Crippen LogP contribution is 2.48. The summed E-state index contributed by atoms with van der Waals surface area (Å²) in [4.78, 5) is 0. The first-order valence-electron chi connectivity index (χ1n) is 4.00. The minimum absolute atomic E-state index is 0.131. The number of hydrogen-bond donors (Lipinski definition) is 0.